The number of nitrogens with two attached hydrogens (primary N) is 1. The summed E-state index contributed by atoms with van der Waals surface area (Å²) in [5.41, 5.74) is 6.58. The van der Waals surface area contributed by atoms with Gasteiger partial charge in [0.2, 0.25) is 6.41 Å². The Morgan fingerprint density at radius 3 is 2.93 bits per heavy atom. The Balaban J connectivity index is 1.78. The molecule has 4 unspecified atom stereocenters. The summed E-state index contributed by atoms with van der Waals surface area (Å²) in [6.45, 7) is 0.566. The molecule has 1 aromatic carbocycles. The van der Waals surface area contributed by atoms with E-state index in [9.17, 15) is 14.8 Å². The Morgan fingerprint density at radius 2 is 2.26 bits per heavy atom. The first-order valence-corrected chi connectivity index (χ1v) is 9.60. The van der Waals surface area contributed by atoms with E-state index in [1.807, 2.05) is 30.3 Å². The number of nitrogens with zero attached hydrogens (tertiary/aromatic N) is 2. The Morgan fingerprint density at radius 1 is 1.52 bits per heavy atom. The van der Waals surface area contributed by atoms with Gasteiger partial charge in [-0.25, -0.2) is 5.09 Å². The molecule has 1 aliphatic heterocycles. The fourth-order valence-corrected chi connectivity index (χ4v) is 3.19. The minimum absolute atomic E-state index is 0.0898. The van der Waals surface area contributed by atoms with Gasteiger partial charge in [0, 0.05) is 26.2 Å². The van der Waals surface area contributed by atoms with Crippen LogP contribution >= 0.6 is 8.53 Å². The van der Waals surface area contributed by atoms with Crippen molar-refractivity contribution in [2.24, 2.45) is 10.7 Å². The van der Waals surface area contributed by atoms with E-state index in [2.05, 4.69) is 10.1 Å². The second-order valence-electron chi connectivity index (χ2n) is 5.86. The van der Waals surface area contributed by atoms with Crippen molar-refractivity contribution in [2.45, 2.75) is 31.4 Å². The van der Waals surface area contributed by atoms with Crippen LogP contribution in [0.4, 0.5) is 0 Å². The van der Waals surface area contributed by atoms with Crippen LogP contribution in [0, 0.1) is 0 Å². The molecule has 5 N–H and O–H groups in total. The number of aliphatic imine (C=N–C) groups is 1. The normalized spacial score (nSPS) is 24.3. The molecule has 0 aliphatic carbocycles. The Bertz CT molecular complexity index is 645. The van der Waals surface area contributed by atoms with Crippen LogP contribution in [0.2, 0.25) is 0 Å². The maximum absolute atomic E-state index is 11.3. The van der Waals surface area contributed by atoms with Gasteiger partial charge in [0.1, 0.15) is 11.9 Å². The number of carbonyl (C=O) groups is 1. The molecule has 10 heteroatoms. The lowest BCUT2D eigenvalue weighted by atomic mass is 10.2. The van der Waals surface area contributed by atoms with Gasteiger partial charge in [-0.3, -0.25) is 14.7 Å². The minimum Gasteiger partial charge on any atom is -0.388 e. The maximum atomic E-state index is 11.3. The van der Waals surface area contributed by atoms with E-state index < -0.39 is 27.0 Å². The number of aliphatic hydroxyl groups is 1. The van der Waals surface area contributed by atoms with Crippen LogP contribution in [-0.2, 0) is 20.6 Å². The van der Waals surface area contributed by atoms with Crippen LogP contribution in [0.1, 0.15) is 12.0 Å². The second-order valence-corrected chi connectivity index (χ2v) is 6.98. The number of hydrogen-bond donors (Lipinski definition) is 4. The molecular formula is C17H25N4O5P. The van der Waals surface area contributed by atoms with Gasteiger partial charge in [-0.15, -0.1) is 0 Å². The summed E-state index contributed by atoms with van der Waals surface area (Å²) in [5.74, 6) is 0.240. The topological polar surface area (TPSA) is 130 Å². The van der Waals surface area contributed by atoms with Gasteiger partial charge in [-0.2, -0.15) is 0 Å². The minimum atomic E-state index is -1.83. The van der Waals surface area contributed by atoms with Gasteiger partial charge in [0.15, 0.2) is 6.23 Å². The van der Waals surface area contributed by atoms with Crippen LogP contribution < -0.4 is 10.8 Å². The summed E-state index contributed by atoms with van der Waals surface area (Å²) in [7, 11) is -0.301. The van der Waals surface area contributed by atoms with Crippen molar-refractivity contribution in [1.82, 2.24) is 9.99 Å². The van der Waals surface area contributed by atoms with Crippen molar-refractivity contribution >= 4 is 20.8 Å². The third kappa shape index (κ3) is 6.99. The van der Waals surface area contributed by atoms with Crippen LogP contribution in [0.3, 0.4) is 0 Å². The third-order valence-electron chi connectivity index (χ3n) is 3.90. The molecule has 1 amide bonds. The molecule has 0 radical (unpaired) electrons. The zero-order valence-electron chi connectivity index (χ0n) is 15.0. The smallest absolute Gasteiger partial charge is 0.253 e. The fourth-order valence-electron chi connectivity index (χ4n) is 2.48. The molecule has 9 nitrogen and oxygen atoms in total. The first-order chi connectivity index (χ1) is 13.0. The molecule has 1 aliphatic rings. The molecule has 1 fully saturated rings. The van der Waals surface area contributed by atoms with Crippen LogP contribution in [0.5, 0.6) is 0 Å². The van der Waals surface area contributed by atoms with Gasteiger partial charge >= 0.3 is 0 Å². The maximum Gasteiger partial charge on any atom is 0.253 e. The quantitative estimate of drug-likeness (QED) is 0.195. The number of amides is 1. The molecule has 0 spiro atoms. The van der Waals surface area contributed by atoms with Crippen LogP contribution in [0.15, 0.2) is 47.6 Å². The summed E-state index contributed by atoms with van der Waals surface area (Å²) in [6.07, 6.45) is 1.48. The lowest BCUT2D eigenvalue weighted by molar-refractivity contribution is -0.132. The highest BCUT2D eigenvalue weighted by molar-refractivity contribution is 7.43. The van der Waals surface area contributed by atoms with E-state index >= 15 is 0 Å². The Hall–Kier alpha value is -1.87. The lowest BCUT2D eigenvalue weighted by Crippen LogP contribution is -2.37. The molecule has 1 saturated heterocycles. The van der Waals surface area contributed by atoms with E-state index in [1.165, 1.54) is 24.2 Å². The SMILES string of the molecule is CN=C(N)/C=C\N(C=O)C1OC(COP(O)NCc2ccccc2)CC1O. The summed E-state index contributed by atoms with van der Waals surface area (Å²) in [4.78, 5) is 26.1. The zero-order chi connectivity index (χ0) is 19.6. The number of hydrogen-bond acceptors (Lipinski definition) is 7. The van der Waals surface area contributed by atoms with E-state index in [1.54, 1.807) is 0 Å². The number of ether oxygens (including phenoxy) is 1. The summed E-state index contributed by atoms with van der Waals surface area (Å²) >= 11 is 0. The molecule has 27 heavy (non-hydrogen) atoms. The van der Waals surface area contributed by atoms with Crippen molar-refractivity contribution in [3.05, 3.63) is 48.2 Å². The standard InChI is InChI=1S/C17H25N4O5P/c1-19-16(18)7-8-21(12-22)17-15(23)9-14(26-17)11-25-27(24)20-10-13-5-3-2-4-6-13/h2-8,12,14-15,17,20,23-24H,9-11H2,1H3,(H2,18,19)/b8-7-. The average Bonchev–Trinajstić information content (AvgIpc) is 3.06. The van der Waals surface area contributed by atoms with Gasteiger partial charge in [0.05, 0.1) is 12.7 Å². The van der Waals surface area contributed by atoms with Crippen molar-refractivity contribution < 1.29 is 24.1 Å². The summed E-state index contributed by atoms with van der Waals surface area (Å²) < 4.78 is 11.0. The second kappa shape index (κ2) is 11.1. The lowest BCUT2D eigenvalue weighted by Gasteiger charge is -2.23. The Kier molecular flexibility index (Phi) is 8.80. The van der Waals surface area contributed by atoms with Gasteiger partial charge < -0.3 is 25.0 Å². The molecule has 0 aromatic heterocycles. The molecule has 1 aromatic rings. The predicted molar refractivity (Wildman–Crippen MR) is 102 cm³/mol. The first kappa shape index (κ1) is 21.4. The largest absolute Gasteiger partial charge is 0.388 e. The zero-order valence-corrected chi connectivity index (χ0v) is 15.9. The highest BCUT2D eigenvalue weighted by atomic mass is 31.2. The van der Waals surface area contributed by atoms with E-state index in [4.69, 9.17) is 15.0 Å². The van der Waals surface area contributed by atoms with Crippen molar-refractivity contribution in [1.29, 1.82) is 0 Å². The first-order valence-electron chi connectivity index (χ1n) is 8.39. The molecule has 2 rings (SSSR count). The van der Waals surface area contributed by atoms with Crippen molar-refractivity contribution in [2.75, 3.05) is 13.7 Å². The van der Waals surface area contributed by atoms with Gasteiger partial charge in [0.25, 0.3) is 8.53 Å². The molecule has 148 valence electrons. The van der Waals surface area contributed by atoms with E-state index in [0.29, 0.717) is 13.0 Å². The van der Waals surface area contributed by atoms with E-state index in [0.717, 1.165) is 5.56 Å². The molecule has 0 bridgehead atoms. The number of amidine groups is 1. The number of aliphatic hydroxyl groups excluding tert-OH is 1. The van der Waals surface area contributed by atoms with Crippen molar-refractivity contribution in [3.8, 4) is 0 Å². The Labute approximate surface area is 159 Å². The fraction of sp³-hybridized carbons (Fsp3) is 0.412. The molecule has 4 atom stereocenters. The molecule has 0 saturated carbocycles. The van der Waals surface area contributed by atoms with Crippen LogP contribution in [0.25, 0.3) is 0 Å². The number of rotatable bonds is 10. The van der Waals surface area contributed by atoms with Gasteiger partial charge in [-0.05, 0) is 11.6 Å². The highest BCUT2D eigenvalue weighted by Gasteiger charge is 2.37. The van der Waals surface area contributed by atoms with Crippen LogP contribution in [-0.4, -0.2) is 59.2 Å². The summed E-state index contributed by atoms with van der Waals surface area (Å²) in [5, 5.41) is 13.0. The average molecular weight is 396 g/mol. The monoisotopic (exact) mass is 396 g/mol. The number of benzene rings is 1. The predicted octanol–water partition coefficient (Wildman–Crippen LogP) is 0.447. The number of carbonyl (C=O) groups excluding carboxylic acids is 1. The third-order valence-corrected chi connectivity index (χ3v) is 4.72. The highest BCUT2D eigenvalue weighted by Crippen LogP contribution is 2.30. The van der Waals surface area contributed by atoms with Gasteiger partial charge in [-0.1, -0.05) is 30.3 Å². The molecular weight excluding hydrogens is 371 g/mol. The molecule has 1 heterocycles. The van der Waals surface area contributed by atoms with E-state index in [-0.39, 0.29) is 18.9 Å². The number of nitrogens with one attached hydrogen (secondary N) is 1. The van der Waals surface area contributed by atoms with Crippen molar-refractivity contribution in [3.63, 3.8) is 0 Å². The summed E-state index contributed by atoms with van der Waals surface area (Å²) in [6, 6.07) is 9.63.